The van der Waals surface area contributed by atoms with E-state index in [-0.39, 0.29) is 16.5 Å². The van der Waals surface area contributed by atoms with Gasteiger partial charge < -0.3 is 4.74 Å². The van der Waals surface area contributed by atoms with Crippen LogP contribution in [0.15, 0.2) is 76.8 Å². The number of para-hydroxylation sites is 1. The Bertz CT molecular complexity index is 1290. The number of methoxy groups -OCH3 is 1. The molecule has 0 spiro atoms. The van der Waals surface area contributed by atoms with Crippen LogP contribution in [0, 0.1) is 5.82 Å². The molecule has 3 aromatic rings. The third-order valence-electron chi connectivity index (χ3n) is 5.09. The van der Waals surface area contributed by atoms with E-state index in [0.29, 0.717) is 27.9 Å². The van der Waals surface area contributed by atoms with Gasteiger partial charge in [-0.25, -0.2) is 4.39 Å². The van der Waals surface area contributed by atoms with Gasteiger partial charge in [0.1, 0.15) is 17.1 Å². The van der Waals surface area contributed by atoms with Gasteiger partial charge in [-0.3, -0.25) is 19.8 Å². The lowest BCUT2D eigenvalue weighted by atomic mass is 10.0. The first-order valence-corrected chi connectivity index (χ1v) is 11.1. The predicted molar refractivity (Wildman–Crippen MR) is 133 cm³/mol. The lowest BCUT2D eigenvalue weighted by molar-refractivity contribution is -0.122. The number of nitrogens with one attached hydrogen (secondary N) is 1. The van der Waals surface area contributed by atoms with Gasteiger partial charge in [0.05, 0.1) is 12.8 Å². The van der Waals surface area contributed by atoms with E-state index >= 15 is 0 Å². The summed E-state index contributed by atoms with van der Waals surface area (Å²) < 4.78 is 19.9. The number of hydrogen-bond donors (Lipinski definition) is 1. The summed E-state index contributed by atoms with van der Waals surface area (Å²) in [5.74, 6) is -0.865. The molecule has 0 bridgehead atoms. The molecule has 1 heterocycles. The van der Waals surface area contributed by atoms with Crippen LogP contribution in [-0.2, 0) is 16.0 Å². The van der Waals surface area contributed by atoms with Crippen molar-refractivity contribution in [3.63, 3.8) is 0 Å². The first-order valence-electron chi connectivity index (χ1n) is 9.94. The summed E-state index contributed by atoms with van der Waals surface area (Å²) in [4.78, 5) is 27.0. The van der Waals surface area contributed by atoms with E-state index in [1.54, 1.807) is 42.5 Å². The molecule has 5 nitrogen and oxygen atoms in total. The summed E-state index contributed by atoms with van der Waals surface area (Å²) in [7, 11) is 1.53. The van der Waals surface area contributed by atoms with Gasteiger partial charge in [-0.2, -0.15) is 0 Å². The average Bonchev–Trinajstić information content (AvgIpc) is 2.79. The summed E-state index contributed by atoms with van der Waals surface area (Å²) in [6.45, 7) is 0. The molecule has 1 N–H and O–H groups in total. The Balaban J connectivity index is 1.70. The maximum Gasteiger partial charge on any atom is 0.270 e. The molecule has 1 aliphatic rings. The minimum atomic E-state index is -0.573. The highest BCUT2D eigenvalue weighted by molar-refractivity contribution is 9.10. The molecule has 8 heteroatoms. The quantitative estimate of drug-likeness (QED) is 0.289. The van der Waals surface area contributed by atoms with E-state index in [4.69, 9.17) is 17.0 Å². The third kappa shape index (κ3) is 4.86. The maximum absolute atomic E-state index is 13.6. The molecule has 0 aromatic heterocycles. The summed E-state index contributed by atoms with van der Waals surface area (Å²) in [5.41, 5.74) is 2.69. The van der Waals surface area contributed by atoms with Crippen molar-refractivity contribution >= 4 is 56.8 Å². The van der Waals surface area contributed by atoms with Gasteiger partial charge in [-0.15, -0.1) is 0 Å². The first kappa shape index (κ1) is 22.8. The molecule has 166 valence electrons. The van der Waals surface area contributed by atoms with Crippen LogP contribution in [0.2, 0.25) is 0 Å². The van der Waals surface area contributed by atoms with Crippen LogP contribution in [0.25, 0.3) is 6.08 Å². The fourth-order valence-corrected chi connectivity index (χ4v) is 4.44. The standard InChI is InChI=1S/C25H18BrFN2O3S/c1-32-22-14-16(13-21(26)19(22)11-15-6-5-7-17(27)10-15)12-20-23(30)28-25(33)29(24(20)31)18-8-3-2-4-9-18/h2-10,12-14H,11H2,1H3,(H,28,30,33)/b20-12-. The minimum absolute atomic E-state index is 0.0255. The van der Waals surface area contributed by atoms with Gasteiger partial charge in [-0.05, 0) is 65.8 Å². The van der Waals surface area contributed by atoms with Gasteiger partial charge in [0, 0.05) is 16.5 Å². The minimum Gasteiger partial charge on any atom is -0.496 e. The molecule has 3 aromatic carbocycles. The molecular weight excluding hydrogens is 507 g/mol. The van der Waals surface area contributed by atoms with Crippen molar-refractivity contribution in [1.82, 2.24) is 5.32 Å². The van der Waals surface area contributed by atoms with Gasteiger partial charge in [0.25, 0.3) is 11.8 Å². The van der Waals surface area contributed by atoms with E-state index in [1.165, 1.54) is 30.2 Å². The molecule has 1 saturated heterocycles. The predicted octanol–water partition coefficient (Wildman–Crippen LogP) is 5.02. The van der Waals surface area contributed by atoms with Gasteiger partial charge in [0.15, 0.2) is 5.11 Å². The number of nitrogens with zero attached hydrogens (tertiary/aromatic N) is 1. The molecule has 0 unspecified atom stereocenters. The van der Waals surface area contributed by atoms with Crippen molar-refractivity contribution in [3.05, 3.63) is 99.3 Å². The average molecular weight is 525 g/mol. The first-order chi connectivity index (χ1) is 15.9. The molecule has 0 atom stereocenters. The Kier molecular flexibility index (Phi) is 6.67. The normalized spacial score (nSPS) is 15.1. The van der Waals surface area contributed by atoms with Crippen LogP contribution < -0.4 is 15.0 Å². The number of hydrogen-bond acceptors (Lipinski definition) is 4. The maximum atomic E-state index is 13.6. The molecule has 0 aliphatic carbocycles. The molecule has 0 saturated carbocycles. The highest BCUT2D eigenvalue weighted by atomic mass is 79.9. The number of ether oxygens (including phenoxy) is 1. The number of anilines is 1. The fourth-order valence-electron chi connectivity index (χ4n) is 3.56. The Hall–Kier alpha value is -3.36. The number of thiocarbonyl (C=S) groups is 1. The molecule has 0 radical (unpaired) electrons. The second-order valence-electron chi connectivity index (χ2n) is 7.28. The number of halogens is 2. The van der Waals surface area contributed by atoms with E-state index in [0.717, 1.165) is 11.1 Å². The van der Waals surface area contributed by atoms with Crippen LogP contribution in [0.4, 0.5) is 10.1 Å². The Morgan fingerprint density at radius 1 is 1.09 bits per heavy atom. The van der Waals surface area contributed by atoms with Crippen LogP contribution in [-0.4, -0.2) is 24.0 Å². The number of benzene rings is 3. The smallest absolute Gasteiger partial charge is 0.270 e. The van der Waals surface area contributed by atoms with Crippen LogP contribution in [0.1, 0.15) is 16.7 Å². The van der Waals surface area contributed by atoms with Gasteiger partial charge in [0.2, 0.25) is 0 Å². The van der Waals surface area contributed by atoms with E-state index < -0.39 is 11.8 Å². The monoisotopic (exact) mass is 524 g/mol. The highest BCUT2D eigenvalue weighted by Crippen LogP contribution is 2.32. The topological polar surface area (TPSA) is 58.6 Å². The number of carbonyl (C=O) groups excluding carboxylic acids is 2. The van der Waals surface area contributed by atoms with Gasteiger partial charge >= 0.3 is 0 Å². The summed E-state index contributed by atoms with van der Waals surface area (Å²) in [5, 5.41) is 2.60. The van der Waals surface area contributed by atoms with Crippen LogP contribution in [0.5, 0.6) is 5.75 Å². The Labute approximate surface area is 204 Å². The fraction of sp³-hybridized carbons (Fsp3) is 0.0800. The van der Waals surface area contributed by atoms with Crippen molar-refractivity contribution in [3.8, 4) is 5.75 Å². The second-order valence-corrected chi connectivity index (χ2v) is 8.52. The van der Waals surface area contributed by atoms with Crippen LogP contribution >= 0.6 is 28.1 Å². The lowest BCUT2D eigenvalue weighted by Gasteiger charge is -2.28. The molecule has 1 aliphatic heterocycles. The molecular formula is C25H18BrFN2O3S. The molecule has 2 amide bonds. The molecule has 1 fully saturated rings. The SMILES string of the molecule is COc1cc(/C=C2/C(=O)NC(=S)N(c3ccccc3)C2=O)cc(Br)c1Cc1cccc(F)c1. The van der Waals surface area contributed by atoms with Crippen molar-refractivity contribution in [1.29, 1.82) is 0 Å². The van der Waals surface area contributed by atoms with Crippen molar-refractivity contribution in [2.45, 2.75) is 6.42 Å². The zero-order chi connectivity index (χ0) is 23.5. The third-order valence-corrected chi connectivity index (χ3v) is 6.09. The van der Waals surface area contributed by atoms with E-state index in [1.807, 2.05) is 12.1 Å². The molecule has 4 rings (SSSR count). The number of amides is 2. The zero-order valence-electron chi connectivity index (χ0n) is 17.5. The largest absolute Gasteiger partial charge is 0.496 e. The summed E-state index contributed by atoms with van der Waals surface area (Å²) in [6.07, 6.45) is 1.93. The second kappa shape index (κ2) is 9.64. The van der Waals surface area contributed by atoms with Crippen molar-refractivity contribution < 1.29 is 18.7 Å². The number of carbonyl (C=O) groups is 2. The Morgan fingerprint density at radius 2 is 1.85 bits per heavy atom. The molecule has 33 heavy (non-hydrogen) atoms. The highest BCUT2D eigenvalue weighted by Gasteiger charge is 2.34. The van der Waals surface area contributed by atoms with Gasteiger partial charge in [-0.1, -0.05) is 46.3 Å². The lowest BCUT2D eigenvalue weighted by Crippen LogP contribution is -2.54. The van der Waals surface area contributed by atoms with E-state index in [2.05, 4.69) is 21.2 Å². The summed E-state index contributed by atoms with van der Waals surface area (Å²) >= 11 is 8.77. The van der Waals surface area contributed by atoms with Crippen LogP contribution in [0.3, 0.4) is 0 Å². The zero-order valence-corrected chi connectivity index (χ0v) is 19.9. The van der Waals surface area contributed by atoms with Crippen molar-refractivity contribution in [2.24, 2.45) is 0 Å². The van der Waals surface area contributed by atoms with Crippen molar-refractivity contribution in [2.75, 3.05) is 12.0 Å². The summed E-state index contributed by atoms with van der Waals surface area (Å²) in [6, 6.07) is 18.7. The Morgan fingerprint density at radius 3 is 2.55 bits per heavy atom. The van der Waals surface area contributed by atoms with E-state index in [9.17, 15) is 14.0 Å². The number of rotatable bonds is 5.